The van der Waals surface area contributed by atoms with Crippen molar-refractivity contribution < 1.29 is 9.94 Å². The molecule has 0 aliphatic carbocycles. The van der Waals surface area contributed by atoms with E-state index in [1.54, 1.807) is 0 Å². The average Bonchev–Trinajstić information content (AvgIpc) is 2.23. The minimum Gasteiger partial charge on any atom is -0.409 e. The highest BCUT2D eigenvalue weighted by molar-refractivity contribution is 5.85. The molecule has 0 aromatic heterocycles. The van der Waals surface area contributed by atoms with E-state index in [1.807, 2.05) is 13.8 Å². The molecular formula is C15H31N3O2. The fourth-order valence-corrected chi connectivity index (χ4v) is 3.11. The zero-order chi connectivity index (χ0) is 15.6. The molecule has 3 N–H and O–H groups in total. The van der Waals surface area contributed by atoms with Crippen molar-refractivity contribution in [2.75, 3.05) is 19.6 Å². The Morgan fingerprint density at radius 1 is 1.25 bits per heavy atom. The zero-order valence-corrected chi connectivity index (χ0v) is 13.9. The number of oxime groups is 1. The molecule has 0 unspecified atom stereocenters. The van der Waals surface area contributed by atoms with Gasteiger partial charge in [0.1, 0.15) is 5.84 Å². The van der Waals surface area contributed by atoms with Gasteiger partial charge in [-0.1, -0.05) is 19.0 Å². The lowest BCUT2D eigenvalue weighted by molar-refractivity contribution is -0.180. The van der Waals surface area contributed by atoms with E-state index < -0.39 is 0 Å². The number of ether oxygens (including phenoxy) is 1. The molecule has 0 bridgehead atoms. The van der Waals surface area contributed by atoms with Crippen LogP contribution in [0.3, 0.4) is 0 Å². The Labute approximate surface area is 123 Å². The lowest BCUT2D eigenvalue weighted by atomic mass is 9.86. The SMILES string of the molecule is CC1(C)CN(CCCC(C)(C)C(N)=NO)CC(C)(C)O1. The van der Waals surface area contributed by atoms with Crippen molar-refractivity contribution in [3.63, 3.8) is 0 Å². The molecule has 1 aliphatic heterocycles. The average molecular weight is 285 g/mol. The van der Waals surface area contributed by atoms with Crippen molar-refractivity contribution in [1.82, 2.24) is 4.90 Å². The summed E-state index contributed by atoms with van der Waals surface area (Å²) in [6.07, 6.45) is 1.93. The number of amidine groups is 1. The quantitative estimate of drug-likeness (QED) is 0.352. The predicted octanol–water partition coefficient (Wildman–Crippen LogP) is 2.43. The van der Waals surface area contributed by atoms with Crippen molar-refractivity contribution in [3.05, 3.63) is 0 Å². The van der Waals surface area contributed by atoms with Gasteiger partial charge in [-0.15, -0.1) is 0 Å². The van der Waals surface area contributed by atoms with Gasteiger partial charge in [0, 0.05) is 18.5 Å². The number of morpholine rings is 1. The van der Waals surface area contributed by atoms with Gasteiger partial charge in [-0.25, -0.2) is 0 Å². The van der Waals surface area contributed by atoms with Gasteiger partial charge < -0.3 is 15.7 Å². The maximum atomic E-state index is 8.79. The summed E-state index contributed by atoms with van der Waals surface area (Å²) in [6.45, 7) is 15.5. The van der Waals surface area contributed by atoms with E-state index in [1.165, 1.54) is 0 Å². The Kier molecular flexibility index (Phi) is 5.08. The van der Waals surface area contributed by atoms with Crippen molar-refractivity contribution in [3.8, 4) is 0 Å². The van der Waals surface area contributed by atoms with Crippen LogP contribution >= 0.6 is 0 Å². The van der Waals surface area contributed by atoms with Crippen LogP contribution in [0.5, 0.6) is 0 Å². The summed E-state index contributed by atoms with van der Waals surface area (Å²) in [6, 6.07) is 0. The van der Waals surface area contributed by atoms with Crippen molar-refractivity contribution in [1.29, 1.82) is 0 Å². The Hall–Kier alpha value is -0.810. The van der Waals surface area contributed by atoms with Gasteiger partial charge in [0.2, 0.25) is 0 Å². The standard InChI is InChI=1S/C15H31N3O2/c1-13(2,12(16)17-19)8-7-9-18-10-14(3,4)20-15(5,6)11-18/h19H,7-11H2,1-6H3,(H2,16,17). The molecule has 20 heavy (non-hydrogen) atoms. The molecule has 1 rings (SSSR count). The molecular weight excluding hydrogens is 254 g/mol. The molecule has 0 aromatic rings. The fourth-order valence-electron chi connectivity index (χ4n) is 3.11. The van der Waals surface area contributed by atoms with Gasteiger partial charge in [0.25, 0.3) is 0 Å². The zero-order valence-electron chi connectivity index (χ0n) is 13.9. The van der Waals surface area contributed by atoms with Gasteiger partial charge in [0.15, 0.2) is 0 Å². The molecule has 1 aliphatic rings. The molecule has 5 heteroatoms. The summed E-state index contributed by atoms with van der Waals surface area (Å²) in [4.78, 5) is 2.45. The van der Waals surface area contributed by atoms with E-state index >= 15 is 0 Å². The molecule has 118 valence electrons. The monoisotopic (exact) mass is 285 g/mol. The predicted molar refractivity (Wildman–Crippen MR) is 82.1 cm³/mol. The van der Waals surface area contributed by atoms with Crippen LogP contribution in [-0.4, -0.2) is 46.8 Å². The van der Waals surface area contributed by atoms with Gasteiger partial charge in [-0.3, -0.25) is 4.90 Å². The van der Waals surface area contributed by atoms with Crippen LogP contribution in [0.25, 0.3) is 0 Å². The number of hydrogen-bond acceptors (Lipinski definition) is 4. The first kappa shape index (κ1) is 17.2. The van der Waals surface area contributed by atoms with Crippen LogP contribution in [0.2, 0.25) is 0 Å². The van der Waals surface area contributed by atoms with Gasteiger partial charge in [-0.2, -0.15) is 0 Å². The van der Waals surface area contributed by atoms with Crippen molar-refractivity contribution >= 4 is 5.84 Å². The highest BCUT2D eigenvalue weighted by Crippen LogP contribution is 2.29. The Bertz CT molecular complexity index is 346. The minimum absolute atomic E-state index is 0.108. The molecule has 0 aromatic carbocycles. The van der Waals surface area contributed by atoms with E-state index in [2.05, 4.69) is 37.8 Å². The molecule has 0 atom stereocenters. The summed E-state index contributed by atoms with van der Waals surface area (Å²) >= 11 is 0. The molecule has 1 saturated heterocycles. The highest BCUT2D eigenvalue weighted by Gasteiger charge is 2.37. The van der Waals surface area contributed by atoms with Crippen LogP contribution in [0.4, 0.5) is 0 Å². The molecule has 1 heterocycles. The van der Waals surface area contributed by atoms with Crippen molar-refractivity contribution in [2.24, 2.45) is 16.3 Å². The number of rotatable bonds is 5. The van der Waals surface area contributed by atoms with Crippen molar-refractivity contribution in [2.45, 2.75) is 65.6 Å². The number of hydrogen-bond donors (Lipinski definition) is 2. The highest BCUT2D eigenvalue weighted by atomic mass is 16.5. The van der Waals surface area contributed by atoms with Gasteiger partial charge in [-0.05, 0) is 47.1 Å². The maximum Gasteiger partial charge on any atom is 0.144 e. The van der Waals surface area contributed by atoms with Crippen LogP contribution in [0.1, 0.15) is 54.4 Å². The third-order valence-corrected chi connectivity index (χ3v) is 3.84. The van der Waals surface area contributed by atoms with E-state index in [9.17, 15) is 0 Å². The molecule has 0 amide bonds. The summed E-state index contributed by atoms with van der Waals surface area (Å²) < 4.78 is 6.08. The normalized spacial score (nSPS) is 23.8. The largest absolute Gasteiger partial charge is 0.409 e. The maximum absolute atomic E-state index is 8.79. The number of nitrogens with zero attached hydrogens (tertiary/aromatic N) is 2. The Morgan fingerprint density at radius 3 is 2.20 bits per heavy atom. The molecule has 5 nitrogen and oxygen atoms in total. The lowest BCUT2D eigenvalue weighted by Crippen LogP contribution is -2.57. The first-order valence-electron chi connectivity index (χ1n) is 7.38. The second-order valence-electron chi connectivity index (χ2n) is 7.80. The van der Waals surface area contributed by atoms with Gasteiger partial charge >= 0.3 is 0 Å². The van der Waals surface area contributed by atoms with Gasteiger partial charge in [0.05, 0.1) is 11.2 Å². The smallest absolute Gasteiger partial charge is 0.144 e. The van der Waals surface area contributed by atoms with Crippen LogP contribution in [0, 0.1) is 5.41 Å². The third kappa shape index (κ3) is 4.94. The summed E-state index contributed by atoms with van der Waals surface area (Å²) in [5.74, 6) is 0.306. The second-order valence-corrected chi connectivity index (χ2v) is 7.80. The van der Waals surface area contributed by atoms with E-state index in [0.717, 1.165) is 32.5 Å². The molecule has 1 fully saturated rings. The van der Waals surface area contributed by atoms with E-state index in [-0.39, 0.29) is 16.6 Å². The second kappa shape index (κ2) is 5.90. The van der Waals surface area contributed by atoms with E-state index in [0.29, 0.717) is 5.84 Å². The minimum atomic E-state index is -0.258. The van der Waals surface area contributed by atoms with E-state index in [4.69, 9.17) is 15.7 Å². The van der Waals surface area contributed by atoms with Crippen LogP contribution in [-0.2, 0) is 4.74 Å². The summed E-state index contributed by atoms with van der Waals surface area (Å²) in [5.41, 5.74) is 5.25. The van der Waals surface area contributed by atoms with Crippen LogP contribution in [0.15, 0.2) is 5.16 Å². The molecule has 0 radical (unpaired) electrons. The first-order chi connectivity index (χ1) is 8.97. The summed E-state index contributed by atoms with van der Waals surface area (Å²) in [7, 11) is 0. The van der Waals surface area contributed by atoms with Crippen LogP contribution < -0.4 is 5.73 Å². The Balaban J connectivity index is 2.50. The third-order valence-electron chi connectivity index (χ3n) is 3.84. The number of nitrogens with two attached hydrogens (primary N) is 1. The lowest BCUT2D eigenvalue weighted by Gasteiger charge is -2.47. The summed E-state index contributed by atoms with van der Waals surface area (Å²) in [5, 5.41) is 11.9. The molecule has 0 saturated carbocycles. The fraction of sp³-hybridized carbons (Fsp3) is 0.933. The topological polar surface area (TPSA) is 71.1 Å². The first-order valence-corrected chi connectivity index (χ1v) is 7.38. The molecule has 0 spiro atoms. The Morgan fingerprint density at radius 2 is 1.75 bits per heavy atom.